The summed E-state index contributed by atoms with van der Waals surface area (Å²) in [6, 6.07) is 14.9. The minimum Gasteiger partial charge on any atom is -0.207 e. The van der Waals surface area contributed by atoms with Crippen molar-refractivity contribution in [2.45, 2.75) is 57.4 Å². The van der Waals surface area contributed by atoms with E-state index in [1.807, 2.05) is 50.2 Å². The lowest BCUT2D eigenvalue weighted by Crippen LogP contribution is -2.28. The standard InChI is InChI=1S/C20H27NO2S/c1-6-19(16-9-7-15(2)8-10-16)21-24(22,23)18-13-11-17(12-14-18)20(3,4)5/h7-14,19,21H,6H2,1-5H3. The molecule has 0 heterocycles. The van der Waals surface area contributed by atoms with Crippen molar-refractivity contribution in [2.24, 2.45) is 0 Å². The molecule has 4 heteroatoms. The highest BCUT2D eigenvalue weighted by atomic mass is 32.2. The molecular formula is C20H27NO2S. The van der Waals surface area contributed by atoms with Gasteiger partial charge in [0, 0.05) is 6.04 Å². The summed E-state index contributed by atoms with van der Waals surface area (Å²) in [6.45, 7) is 10.3. The van der Waals surface area contributed by atoms with Crippen LogP contribution in [0.25, 0.3) is 0 Å². The zero-order valence-electron chi connectivity index (χ0n) is 15.1. The summed E-state index contributed by atoms with van der Waals surface area (Å²) in [6.07, 6.45) is 0.697. The number of sulfonamides is 1. The molecule has 3 nitrogen and oxygen atoms in total. The van der Waals surface area contributed by atoms with Gasteiger partial charge in [-0.2, -0.15) is 0 Å². The third kappa shape index (κ3) is 4.46. The Morgan fingerprint density at radius 3 is 1.96 bits per heavy atom. The van der Waals surface area contributed by atoms with Crippen LogP contribution in [0, 0.1) is 6.92 Å². The third-order valence-electron chi connectivity index (χ3n) is 4.22. The van der Waals surface area contributed by atoms with Gasteiger partial charge < -0.3 is 0 Å². The van der Waals surface area contributed by atoms with E-state index in [-0.39, 0.29) is 11.5 Å². The number of rotatable bonds is 5. The number of hydrogen-bond donors (Lipinski definition) is 1. The Bertz CT molecular complexity index is 770. The first-order chi connectivity index (χ1) is 11.1. The predicted molar refractivity (Wildman–Crippen MR) is 99.7 cm³/mol. The van der Waals surface area contributed by atoms with Crippen LogP contribution >= 0.6 is 0 Å². The fourth-order valence-electron chi connectivity index (χ4n) is 2.58. The lowest BCUT2D eigenvalue weighted by molar-refractivity contribution is 0.549. The van der Waals surface area contributed by atoms with E-state index in [2.05, 4.69) is 25.5 Å². The molecule has 0 spiro atoms. The number of benzene rings is 2. The Morgan fingerprint density at radius 1 is 0.958 bits per heavy atom. The van der Waals surface area contributed by atoms with E-state index in [1.54, 1.807) is 12.1 Å². The molecule has 0 aromatic heterocycles. The molecule has 1 atom stereocenters. The van der Waals surface area contributed by atoms with Crippen LogP contribution < -0.4 is 4.72 Å². The fourth-order valence-corrected chi connectivity index (χ4v) is 3.88. The first kappa shape index (κ1) is 18.7. The molecule has 0 saturated heterocycles. The Labute approximate surface area is 146 Å². The zero-order chi connectivity index (χ0) is 18.0. The molecule has 1 unspecified atom stereocenters. The minimum absolute atomic E-state index is 0.00354. The number of nitrogens with one attached hydrogen (secondary N) is 1. The molecule has 24 heavy (non-hydrogen) atoms. The average molecular weight is 346 g/mol. The predicted octanol–water partition coefficient (Wildman–Crippen LogP) is 4.72. The van der Waals surface area contributed by atoms with Gasteiger partial charge >= 0.3 is 0 Å². The van der Waals surface area contributed by atoms with Gasteiger partial charge in [-0.25, -0.2) is 13.1 Å². The van der Waals surface area contributed by atoms with Gasteiger partial charge in [-0.3, -0.25) is 0 Å². The molecule has 0 amide bonds. The van der Waals surface area contributed by atoms with Crippen LogP contribution in [0.3, 0.4) is 0 Å². The number of hydrogen-bond acceptors (Lipinski definition) is 2. The molecular weight excluding hydrogens is 318 g/mol. The lowest BCUT2D eigenvalue weighted by atomic mass is 9.87. The summed E-state index contributed by atoms with van der Waals surface area (Å²) in [5.41, 5.74) is 3.27. The van der Waals surface area contributed by atoms with Crippen LogP contribution in [0.4, 0.5) is 0 Å². The summed E-state index contributed by atoms with van der Waals surface area (Å²) in [7, 11) is -3.54. The van der Waals surface area contributed by atoms with E-state index in [9.17, 15) is 8.42 Å². The molecule has 0 aliphatic heterocycles. The lowest BCUT2D eigenvalue weighted by Gasteiger charge is -2.20. The van der Waals surface area contributed by atoms with Crippen molar-refractivity contribution in [3.63, 3.8) is 0 Å². The van der Waals surface area contributed by atoms with Crippen molar-refractivity contribution >= 4 is 10.0 Å². The topological polar surface area (TPSA) is 46.2 Å². The smallest absolute Gasteiger partial charge is 0.207 e. The quantitative estimate of drug-likeness (QED) is 0.852. The van der Waals surface area contributed by atoms with Gasteiger partial charge in [-0.05, 0) is 42.0 Å². The molecule has 2 rings (SSSR count). The van der Waals surface area contributed by atoms with Crippen molar-refractivity contribution in [3.05, 3.63) is 65.2 Å². The highest BCUT2D eigenvalue weighted by Gasteiger charge is 2.21. The van der Waals surface area contributed by atoms with Gasteiger partial charge in [0.05, 0.1) is 4.90 Å². The monoisotopic (exact) mass is 345 g/mol. The zero-order valence-corrected chi connectivity index (χ0v) is 15.9. The van der Waals surface area contributed by atoms with Crippen molar-refractivity contribution in [1.82, 2.24) is 4.72 Å². The average Bonchev–Trinajstić information content (AvgIpc) is 2.53. The van der Waals surface area contributed by atoms with Crippen molar-refractivity contribution in [1.29, 1.82) is 0 Å². The molecule has 0 fully saturated rings. The maximum atomic E-state index is 12.7. The first-order valence-electron chi connectivity index (χ1n) is 8.33. The second-order valence-electron chi connectivity index (χ2n) is 7.27. The summed E-state index contributed by atoms with van der Waals surface area (Å²) in [5.74, 6) is 0. The van der Waals surface area contributed by atoms with Crippen LogP contribution in [0.1, 0.15) is 56.8 Å². The van der Waals surface area contributed by atoms with Crippen molar-refractivity contribution in [2.75, 3.05) is 0 Å². The Hall–Kier alpha value is -1.65. The molecule has 2 aromatic carbocycles. The normalized spacial score (nSPS) is 13.7. The van der Waals surface area contributed by atoms with E-state index >= 15 is 0 Å². The third-order valence-corrected chi connectivity index (χ3v) is 5.70. The second kappa shape index (κ2) is 7.08. The van der Waals surface area contributed by atoms with E-state index in [0.717, 1.165) is 16.7 Å². The SMILES string of the molecule is CCC(NS(=O)(=O)c1ccc(C(C)(C)C)cc1)c1ccc(C)cc1. The van der Waals surface area contributed by atoms with E-state index in [4.69, 9.17) is 0 Å². The van der Waals surface area contributed by atoms with Crippen molar-refractivity contribution in [3.8, 4) is 0 Å². The summed E-state index contributed by atoms with van der Waals surface area (Å²) >= 11 is 0. The summed E-state index contributed by atoms with van der Waals surface area (Å²) in [5, 5.41) is 0. The molecule has 0 bridgehead atoms. The Morgan fingerprint density at radius 2 is 1.50 bits per heavy atom. The van der Waals surface area contributed by atoms with Crippen LogP contribution in [0.5, 0.6) is 0 Å². The van der Waals surface area contributed by atoms with Crippen LogP contribution in [0.15, 0.2) is 53.4 Å². The highest BCUT2D eigenvalue weighted by molar-refractivity contribution is 7.89. The number of aryl methyl sites for hydroxylation is 1. The van der Waals surface area contributed by atoms with Gasteiger partial charge in [0.2, 0.25) is 10.0 Å². The first-order valence-corrected chi connectivity index (χ1v) is 9.81. The largest absolute Gasteiger partial charge is 0.241 e. The van der Waals surface area contributed by atoms with Gasteiger partial charge in [0.25, 0.3) is 0 Å². The molecule has 0 saturated carbocycles. The van der Waals surface area contributed by atoms with E-state index in [0.29, 0.717) is 11.3 Å². The molecule has 0 radical (unpaired) electrons. The maximum Gasteiger partial charge on any atom is 0.241 e. The van der Waals surface area contributed by atoms with E-state index < -0.39 is 10.0 Å². The Balaban J connectivity index is 2.24. The minimum atomic E-state index is -3.54. The van der Waals surface area contributed by atoms with Gasteiger partial charge in [0.15, 0.2) is 0 Å². The van der Waals surface area contributed by atoms with Crippen molar-refractivity contribution < 1.29 is 8.42 Å². The van der Waals surface area contributed by atoms with Crippen LogP contribution in [0.2, 0.25) is 0 Å². The Kier molecular flexibility index (Phi) is 5.51. The summed E-state index contributed by atoms with van der Waals surface area (Å²) < 4.78 is 28.2. The molecule has 2 aromatic rings. The van der Waals surface area contributed by atoms with E-state index in [1.165, 1.54) is 0 Å². The van der Waals surface area contributed by atoms with Gasteiger partial charge in [-0.1, -0.05) is 69.7 Å². The highest BCUT2D eigenvalue weighted by Crippen LogP contribution is 2.25. The molecule has 130 valence electrons. The molecule has 0 aliphatic rings. The fraction of sp³-hybridized carbons (Fsp3) is 0.400. The second-order valence-corrected chi connectivity index (χ2v) is 8.98. The van der Waals surface area contributed by atoms with Gasteiger partial charge in [0.1, 0.15) is 0 Å². The molecule has 1 N–H and O–H groups in total. The van der Waals surface area contributed by atoms with Gasteiger partial charge in [-0.15, -0.1) is 0 Å². The molecule has 0 aliphatic carbocycles. The maximum absolute atomic E-state index is 12.7. The van der Waals surface area contributed by atoms with Crippen LogP contribution in [-0.4, -0.2) is 8.42 Å². The summed E-state index contributed by atoms with van der Waals surface area (Å²) in [4.78, 5) is 0.307. The van der Waals surface area contributed by atoms with Crippen LogP contribution in [-0.2, 0) is 15.4 Å².